The number of hydrogen-bond acceptors (Lipinski definition) is 4. The number of anilines is 2. The molecule has 0 aliphatic rings. The van der Waals surface area contributed by atoms with E-state index in [1.165, 1.54) is 6.20 Å². The summed E-state index contributed by atoms with van der Waals surface area (Å²) in [7, 11) is 1.58. The second kappa shape index (κ2) is 7.87. The van der Waals surface area contributed by atoms with Gasteiger partial charge in [0, 0.05) is 22.6 Å². The van der Waals surface area contributed by atoms with Crippen LogP contribution >= 0.6 is 11.6 Å². The minimum absolute atomic E-state index is 0.0548. The molecular formula is C17H14ClN3O2. The zero-order chi connectivity index (χ0) is 16.7. The lowest BCUT2D eigenvalue weighted by molar-refractivity contribution is -0.112. The lowest BCUT2D eigenvalue weighted by atomic mass is 10.2. The van der Waals surface area contributed by atoms with Crippen LogP contribution in [0.25, 0.3) is 0 Å². The number of hydrogen-bond donors (Lipinski definition) is 2. The van der Waals surface area contributed by atoms with Crippen LogP contribution in [0.1, 0.15) is 0 Å². The molecule has 0 radical (unpaired) electrons. The van der Waals surface area contributed by atoms with Crippen LogP contribution in [0.5, 0.6) is 5.75 Å². The zero-order valence-corrected chi connectivity index (χ0v) is 13.1. The highest BCUT2D eigenvalue weighted by Gasteiger charge is 2.09. The second-order valence-electron chi connectivity index (χ2n) is 4.51. The molecule has 0 fully saturated rings. The summed E-state index contributed by atoms with van der Waals surface area (Å²) >= 11 is 5.85. The van der Waals surface area contributed by atoms with Gasteiger partial charge in [-0.05, 0) is 42.5 Å². The van der Waals surface area contributed by atoms with Gasteiger partial charge < -0.3 is 15.4 Å². The molecule has 0 spiro atoms. The van der Waals surface area contributed by atoms with Crippen LogP contribution in [-0.2, 0) is 4.79 Å². The number of nitriles is 1. The molecule has 23 heavy (non-hydrogen) atoms. The van der Waals surface area contributed by atoms with Gasteiger partial charge in [-0.1, -0.05) is 17.7 Å². The van der Waals surface area contributed by atoms with Crippen LogP contribution in [-0.4, -0.2) is 13.0 Å². The lowest BCUT2D eigenvalue weighted by Crippen LogP contribution is -2.14. The maximum absolute atomic E-state index is 12.1. The summed E-state index contributed by atoms with van der Waals surface area (Å²) in [5, 5.41) is 15.1. The summed E-state index contributed by atoms with van der Waals surface area (Å²) in [6.45, 7) is 0. The van der Waals surface area contributed by atoms with Gasteiger partial charge in [0.15, 0.2) is 0 Å². The summed E-state index contributed by atoms with van der Waals surface area (Å²) in [5.41, 5.74) is 1.20. The van der Waals surface area contributed by atoms with E-state index in [-0.39, 0.29) is 5.57 Å². The van der Waals surface area contributed by atoms with E-state index < -0.39 is 5.91 Å². The van der Waals surface area contributed by atoms with E-state index in [9.17, 15) is 4.79 Å². The Morgan fingerprint density at radius 3 is 2.57 bits per heavy atom. The molecule has 5 nitrogen and oxygen atoms in total. The van der Waals surface area contributed by atoms with Crippen LogP contribution in [0.3, 0.4) is 0 Å². The molecule has 0 saturated carbocycles. The maximum Gasteiger partial charge on any atom is 0.267 e. The number of benzene rings is 2. The fourth-order valence-corrected chi connectivity index (χ4v) is 1.95. The van der Waals surface area contributed by atoms with Gasteiger partial charge >= 0.3 is 0 Å². The highest BCUT2D eigenvalue weighted by atomic mass is 35.5. The Bertz CT molecular complexity index is 764. The van der Waals surface area contributed by atoms with E-state index in [0.29, 0.717) is 10.7 Å². The van der Waals surface area contributed by atoms with Crippen molar-refractivity contribution in [1.29, 1.82) is 5.26 Å². The molecule has 0 bridgehead atoms. The average molecular weight is 328 g/mol. The van der Waals surface area contributed by atoms with Gasteiger partial charge in [0.2, 0.25) is 0 Å². The molecular weight excluding hydrogens is 314 g/mol. The molecule has 0 saturated heterocycles. The van der Waals surface area contributed by atoms with E-state index in [1.807, 2.05) is 6.07 Å². The van der Waals surface area contributed by atoms with Crippen molar-refractivity contribution < 1.29 is 9.53 Å². The van der Waals surface area contributed by atoms with Gasteiger partial charge in [0.05, 0.1) is 7.11 Å². The average Bonchev–Trinajstić information content (AvgIpc) is 2.56. The Kier molecular flexibility index (Phi) is 5.61. The highest BCUT2D eigenvalue weighted by Crippen LogP contribution is 2.17. The Morgan fingerprint density at radius 1 is 1.22 bits per heavy atom. The van der Waals surface area contributed by atoms with Gasteiger partial charge in [-0.25, -0.2) is 0 Å². The number of carbonyl (C=O) groups is 1. The molecule has 2 aromatic carbocycles. The molecule has 1 amide bonds. The first-order valence-electron chi connectivity index (χ1n) is 6.70. The maximum atomic E-state index is 12.1. The van der Waals surface area contributed by atoms with Crippen molar-refractivity contribution in [3.63, 3.8) is 0 Å². The van der Waals surface area contributed by atoms with Crippen molar-refractivity contribution in [3.05, 3.63) is 65.3 Å². The van der Waals surface area contributed by atoms with Crippen LogP contribution in [0.15, 0.2) is 60.3 Å². The number of ether oxygens (including phenoxy) is 1. The molecule has 0 unspecified atom stereocenters. The fraction of sp³-hybridized carbons (Fsp3) is 0.0588. The van der Waals surface area contributed by atoms with Crippen molar-refractivity contribution in [1.82, 2.24) is 0 Å². The molecule has 0 heterocycles. The first-order chi connectivity index (χ1) is 11.1. The van der Waals surface area contributed by atoms with Crippen molar-refractivity contribution in [3.8, 4) is 11.8 Å². The van der Waals surface area contributed by atoms with Crippen molar-refractivity contribution in [2.24, 2.45) is 0 Å². The van der Waals surface area contributed by atoms with Crippen molar-refractivity contribution in [2.75, 3.05) is 17.7 Å². The van der Waals surface area contributed by atoms with E-state index in [2.05, 4.69) is 10.6 Å². The predicted octanol–water partition coefficient (Wildman–Crippen LogP) is 3.81. The molecule has 0 aromatic heterocycles. The normalized spacial score (nSPS) is 10.6. The van der Waals surface area contributed by atoms with Gasteiger partial charge in [0.25, 0.3) is 5.91 Å². The minimum Gasteiger partial charge on any atom is -0.497 e. The third-order valence-electron chi connectivity index (χ3n) is 2.92. The van der Waals surface area contributed by atoms with Crippen molar-refractivity contribution in [2.45, 2.75) is 0 Å². The minimum atomic E-state index is -0.518. The molecule has 0 aliphatic carbocycles. The van der Waals surface area contributed by atoms with E-state index >= 15 is 0 Å². The third kappa shape index (κ3) is 4.77. The topological polar surface area (TPSA) is 74.1 Å². The summed E-state index contributed by atoms with van der Waals surface area (Å²) < 4.78 is 5.06. The van der Waals surface area contributed by atoms with Crippen LogP contribution in [0.4, 0.5) is 11.4 Å². The van der Waals surface area contributed by atoms with Gasteiger partial charge in [-0.3, -0.25) is 4.79 Å². The van der Waals surface area contributed by atoms with Gasteiger partial charge in [0.1, 0.15) is 17.4 Å². The summed E-state index contributed by atoms with van der Waals surface area (Å²) in [4.78, 5) is 12.1. The molecule has 2 aromatic rings. The Morgan fingerprint density at radius 2 is 1.96 bits per heavy atom. The number of methoxy groups -OCH3 is 1. The standard InChI is InChI=1S/C17H14ClN3O2/c1-23-16-7-5-14(6-8-16)20-11-12(10-19)17(22)21-15-4-2-3-13(18)9-15/h2-9,11,20H,1H3,(H,21,22)/b12-11-. The van der Waals surface area contributed by atoms with Crippen LogP contribution in [0, 0.1) is 11.3 Å². The number of nitrogens with zero attached hydrogens (tertiary/aromatic N) is 1. The van der Waals surface area contributed by atoms with Crippen molar-refractivity contribution >= 4 is 28.9 Å². The number of halogens is 1. The van der Waals surface area contributed by atoms with Gasteiger partial charge in [-0.2, -0.15) is 5.26 Å². The Hall–Kier alpha value is -2.97. The summed E-state index contributed by atoms with van der Waals surface area (Å²) in [5.74, 6) is 0.203. The Balaban J connectivity index is 2.05. The van der Waals surface area contributed by atoms with E-state index in [4.69, 9.17) is 21.6 Å². The molecule has 2 rings (SSSR count). The highest BCUT2D eigenvalue weighted by molar-refractivity contribution is 6.31. The third-order valence-corrected chi connectivity index (χ3v) is 3.16. The number of rotatable bonds is 5. The first kappa shape index (κ1) is 16.4. The van der Waals surface area contributed by atoms with Gasteiger partial charge in [-0.15, -0.1) is 0 Å². The summed E-state index contributed by atoms with van der Waals surface area (Å²) in [6, 6.07) is 15.7. The monoisotopic (exact) mass is 327 g/mol. The zero-order valence-electron chi connectivity index (χ0n) is 12.3. The fourth-order valence-electron chi connectivity index (χ4n) is 1.76. The van der Waals surface area contributed by atoms with E-state index in [1.54, 1.807) is 55.6 Å². The largest absolute Gasteiger partial charge is 0.497 e. The van der Waals surface area contributed by atoms with E-state index in [0.717, 1.165) is 11.4 Å². The molecule has 0 atom stereocenters. The Labute approximate surface area is 139 Å². The second-order valence-corrected chi connectivity index (χ2v) is 4.94. The number of amides is 1. The van der Waals surface area contributed by atoms with Crippen LogP contribution in [0.2, 0.25) is 5.02 Å². The number of carbonyl (C=O) groups excluding carboxylic acids is 1. The SMILES string of the molecule is COc1ccc(N/C=C(/C#N)C(=O)Nc2cccc(Cl)c2)cc1. The molecule has 116 valence electrons. The number of nitrogens with one attached hydrogen (secondary N) is 2. The predicted molar refractivity (Wildman–Crippen MR) is 90.4 cm³/mol. The lowest BCUT2D eigenvalue weighted by Gasteiger charge is -2.06. The quantitative estimate of drug-likeness (QED) is 0.647. The summed E-state index contributed by atoms with van der Waals surface area (Å²) in [6.07, 6.45) is 1.35. The smallest absolute Gasteiger partial charge is 0.267 e. The molecule has 2 N–H and O–H groups in total. The molecule has 0 aliphatic heterocycles. The first-order valence-corrected chi connectivity index (χ1v) is 7.08. The van der Waals surface area contributed by atoms with Crippen LogP contribution < -0.4 is 15.4 Å². The molecule has 6 heteroatoms.